The van der Waals surface area contributed by atoms with Gasteiger partial charge in [-0.15, -0.1) is 0 Å². The lowest BCUT2D eigenvalue weighted by Crippen LogP contribution is -2.29. The van der Waals surface area contributed by atoms with Crippen LogP contribution in [-0.2, 0) is 32.9 Å². The molecule has 0 bridgehead atoms. The summed E-state index contributed by atoms with van der Waals surface area (Å²) in [6.07, 6.45) is 51.6. The first-order valence-electron chi connectivity index (χ1n) is 20.7. The molecule has 9 nitrogen and oxygen atoms in total. The average molecular weight is 787 g/mol. The summed E-state index contributed by atoms with van der Waals surface area (Å²) in [6, 6.07) is 0. The predicted octanol–water partition coefficient (Wildman–Crippen LogP) is 11.6. The fourth-order valence-corrected chi connectivity index (χ4v) is 5.68. The zero-order chi connectivity index (χ0) is 40.1. The number of phosphoric acid groups is 1. The Labute approximate surface area is 332 Å². The van der Waals surface area contributed by atoms with Gasteiger partial charge < -0.3 is 24.0 Å². The SMILES string of the molecule is CCCCC/C=C\C/C=C\C/C=C\C/C=C\C/C=C\CCC(=O)O[C@H](COC(=O)CCCC1OC1C/C=C\C/C=C\C/C=C\CCCCC)COP(=O)(O)O. The molecule has 1 aliphatic rings. The van der Waals surface area contributed by atoms with Gasteiger partial charge in [0.2, 0.25) is 0 Å². The molecule has 10 heteroatoms. The summed E-state index contributed by atoms with van der Waals surface area (Å²) in [5.74, 6) is -1.07. The number of hydrogen-bond acceptors (Lipinski definition) is 7. The molecule has 1 fully saturated rings. The molecule has 0 aliphatic carbocycles. The van der Waals surface area contributed by atoms with Crippen molar-refractivity contribution in [3.05, 3.63) is 97.2 Å². The first-order chi connectivity index (χ1) is 26.7. The molecule has 0 saturated carbocycles. The molecule has 3 atom stereocenters. The van der Waals surface area contributed by atoms with Crippen LogP contribution in [0.4, 0.5) is 0 Å². The van der Waals surface area contributed by atoms with Gasteiger partial charge in [0.15, 0.2) is 6.10 Å². The molecule has 1 saturated heterocycles. The van der Waals surface area contributed by atoms with Gasteiger partial charge in [0.25, 0.3) is 0 Å². The molecule has 310 valence electrons. The lowest BCUT2D eigenvalue weighted by Gasteiger charge is -2.18. The molecule has 0 aromatic rings. The van der Waals surface area contributed by atoms with Crippen molar-refractivity contribution in [3.8, 4) is 0 Å². The summed E-state index contributed by atoms with van der Waals surface area (Å²) in [5, 5.41) is 0. The Balaban J connectivity index is 2.20. The molecule has 0 aromatic heterocycles. The zero-order valence-corrected chi connectivity index (χ0v) is 34.6. The van der Waals surface area contributed by atoms with E-state index in [1.807, 2.05) is 12.2 Å². The Morgan fingerprint density at radius 1 is 0.582 bits per heavy atom. The minimum atomic E-state index is -4.80. The van der Waals surface area contributed by atoms with E-state index in [4.69, 9.17) is 24.0 Å². The predicted molar refractivity (Wildman–Crippen MR) is 224 cm³/mol. The molecule has 1 rings (SSSR count). The highest BCUT2D eigenvalue weighted by molar-refractivity contribution is 7.46. The van der Waals surface area contributed by atoms with Crippen LogP contribution in [0.15, 0.2) is 97.2 Å². The van der Waals surface area contributed by atoms with Crippen LogP contribution in [0.25, 0.3) is 0 Å². The monoisotopic (exact) mass is 786 g/mol. The third kappa shape index (κ3) is 35.1. The molecule has 1 aliphatic heterocycles. The molecular formula is C45H71O9P. The van der Waals surface area contributed by atoms with Gasteiger partial charge in [-0.25, -0.2) is 4.57 Å². The van der Waals surface area contributed by atoms with Crippen LogP contribution in [0.1, 0.15) is 142 Å². The van der Waals surface area contributed by atoms with Crippen molar-refractivity contribution < 1.29 is 42.7 Å². The largest absolute Gasteiger partial charge is 0.469 e. The number of ether oxygens (including phenoxy) is 3. The molecule has 0 aromatic carbocycles. The molecule has 0 spiro atoms. The minimum Gasteiger partial charge on any atom is -0.462 e. The Hall–Kier alpha value is -3.07. The number of epoxide rings is 1. The van der Waals surface area contributed by atoms with E-state index in [0.29, 0.717) is 12.8 Å². The molecule has 2 unspecified atom stereocenters. The first-order valence-corrected chi connectivity index (χ1v) is 22.2. The average Bonchev–Trinajstić information content (AvgIpc) is 3.91. The number of carbonyl (C=O) groups excluding carboxylic acids is 2. The van der Waals surface area contributed by atoms with E-state index in [-0.39, 0.29) is 31.7 Å². The number of phosphoric ester groups is 1. The van der Waals surface area contributed by atoms with E-state index in [0.717, 1.165) is 57.8 Å². The van der Waals surface area contributed by atoms with Gasteiger partial charge in [0, 0.05) is 12.8 Å². The van der Waals surface area contributed by atoms with Crippen LogP contribution in [-0.4, -0.2) is 53.3 Å². The number of allylic oxidation sites excluding steroid dienone is 15. The van der Waals surface area contributed by atoms with Crippen molar-refractivity contribution in [1.82, 2.24) is 0 Å². The molecular weight excluding hydrogens is 715 g/mol. The summed E-state index contributed by atoms with van der Waals surface area (Å²) >= 11 is 0. The van der Waals surface area contributed by atoms with E-state index in [1.165, 1.54) is 44.9 Å². The molecule has 0 radical (unpaired) electrons. The Bertz CT molecular complexity index is 1270. The lowest BCUT2D eigenvalue weighted by atomic mass is 10.1. The Morgan fingerprint density at radius 3 is 1.55 bits per heavy atom. The maximum atomic E-state index is 12.4. The first kappa shape index (κ1) is 49.9. The van der Waals surface area contributed by atoms with E-state index >= 15 is 0 Å². The second kappa shape index (κ2) is 35.4. The maximum absolute atomic E-state index is 12.4. The fraction of sp³-hybridized carbons (Fsp3) is 0.600. The van der Waals surface area contributed by atoms with Crippen LogP contribution in [0, 0.1) is 0 Å². The zero-order valence-electron chi connectivity index (χ0n) is 33.7. The van der Waals surface area contributed by atoms with E-state index in [9.17, 15) is 14.2 Å². The van der Waals surface area contributed by atoms with Crippen molar-refractivity contribution in [2.75, 3.05) is 13.2 Å². The maximum Gasteiger partial charge on any atom is 0.469 e. The Morgan fingerprint density at radius 2 is 1.05 bits per heavy atom. The topological polar surface area (TPSA) is 132 Å². The summed E-state index contributed by atoms with van der Waals surface area (Å²) < 4.78 is 32.0. The normalized spacial score (nSPS) is 17.2. The molecule has 0 amide bonds. The highest BCUT2D eigenvalue weighted by atomic mass is 31.2. The Kier molecular flexibility index (Phi) is 32.1. The second-order valence-corrected chi connectivity index (χ2v) is 14.9. The van der Waals surface area contributed by atoms with Crippen LogP contribution < -0.4 is 0 Å². The minimum absolute atomic E-state index is 0.0662. The summed E-state index contributed by atoms with van der Waals surface area (Å²) in [7, 11) is -4.80. The standard InChI is InChI=1S/C45H71O9P/c1-3-5-7-9-11-13-15-17-18-19-20-21-22-23-25-27-29-31-33-37-45(47)53-41(40-52-55(48,49)50)39-51-44(46)38-34-36-43-42(54-43)35-32-30-28-26-24-16-14-12-10-8-6-4-2/h11-14,17-18,20-21,23-26,29-32,41-43H,3-10,15-16,19,22,27-28,33-40H2,1-2H3,(H2,48,49,50)/b13-11-,14-12-,18-17-,21-20-,25-23-,26-24-,31-29-,32-30-/t41-,42?,43?/m1/s1. The fourth-order valence-electron chi connectivity index (χ4n) is 5.32. The molecule has 1 heterocycles. The van der Waals surface area contributed by atoms with Crippen molar-refractivity contribution in [1.29, 1.82) is 0 Å². The van der Waals surface area contributed by atoms with E-state index < -0.39 is 32.5 Å². The number of hydrogen-bond donors (Lipinski definition) is 2. The number of carbonyl (C=O) groups is 2. The van der Waals surface area contributed by atoms with Crippen LogP contribution in [0.5, 0.6) is 0 Å². The van der Waals surface area contributed by atoms with Crippen molar-refractivity contribution in [2.45, 2.75) is 161 Å². The van der Waals surface area contributed by atoms with Gasteiger partial charge in [-0.3, -0.25) is 14.1 Å². The van der Waals surface area contributed by atoms with Crippen molar-refractivity contribution in [2.24, 2.45) is 0 Å². The number of esters is 2. The van der Waals surface area contributed by atoms with E-state index in [2.05, 4.69) is 103 Å². The summed E-state index contributed by atoms with van der Waals surface area (Å²) in [6.45, 7) is 3.48. The quantitative estimate of drug-likeness (QED) is 0.0212. The highest BCUT2D eigenvalue weighted by Gasteiger charge is 2.36. The molecule has 55 heavy (non-hydrogen) atoms. The third-order valence-corrected chi connectivity index (χ3v) is 9.00. The van der Waals surface area contributed by atoms with Crippen molar-refractivity contribution >= 4 is 19.8 Å². The number of rotatable bonds is 35. The second-order valence-electron chi connectivity index (χ2n) is 13.6. The van der Waals surface area contributed by atoms with Gasteiger partial charge in [0.05, 0.1) is 18.8 Å². The van der Waals surface area contributed by atoms with Crippen molar-refractivity contribution in [3.63, 3.8) is 0 Å². The van der Waals surface area contributed by atoms with Crippen LogP contribution in [0.2, 0.25) is 0 Å². The summed E-state index contributed by atoms with van der Waals surface area (Å²) in [4.78, 5) is 42.9. The van der Waals surface area contributed by atoms with Crippen LogP contribution >= 0.6 is 7.82 Å². The van der Waals surface area contributed by atoms with E-state index in [1.54, 1.807) is 0 Å². The van der Waals surface area contributed by atoms with Gasteiger partial charge in [0.1, 0.15) is 6.61 Å². The lowest BCUT2D eigenvalue weighted by molar-refractivity contribution is -0.161. The smallest absolute Gasteiger partial charge is 0.462 e. The van der Waals surface area contributed by atoms with Gasteiger partial charge in [-0.05, 0) is 89.9 Å². The van der Waals surface area contributed by atoms with Gasteiger partial charge in [-0.1, -0.05) is 137 Å². The molecule has 2 N–H and O–H groups in total. The third-order valence-electron chi connectivity index (χ3n) is 8.51. The summed E-state index contributed by atoms with van der Waals surface area (Å²) in [5.41, 5.74) is 0. The van der Waals surface area contributed by atoms with Crippen LogP contribution in [0.3, 0.4) is 0 Å². The highest BCUT2D eigenvalue weighted by Crippen LogP contribution is 2.36. The van der Waals surface area contributed by atoms with Gasteiger partial charge >= 0.3 is 19.8 Å². The number of unbranched alkanes of at least 4 members (excludes halogenated alkanes) is 6. The van der Waals surface area contributed by atoms with Gasteiger partial charge in [-0.2, -0.15) is 0 Å².